The molecule has 3 nitrogen and oxygen atoms in total. The molecule has 0 aromatic rings. The van der Waals surface area contributed by atoms with Gasteiger partial charge in [-0.1, -0.05) is 25.5 Å². The molecule has 0 unspecified atom stereocenters. The predicted octanol–water partition coefficient (Wildman–Crippen LogP) is 3.53. The topological polar surface area (TPSA) is 43.4 Å². The highest BCUT2D eigenvalue weighted by Gasteiger charge is 2.55. The van der Waals surface area contributed by atoms with Gasteiger partial charge in [-0.25, -0.2) is 0 Å². The van der Waals surface area contributed by atoms with Crippen molar-refractivity contribution in [2.45, 2.75) is 52.4 Å². The normalized spacial score (nSPS) is 34.1. The number of Topliss-reactive ketones (excluding diaryl/α,β-unsaturated/α-hetero) is 1. The summed E-state index contributed by atoms with van der Waals surface area (Å²) in [6, 6.07) is 0. The molecule has 1 fully saturated rings. The highest BCUT2D eigenvalue weighted by Crippen LogP contribution is 2.52. The van der Waals surface area contributed by atoms with Crippen molar-refractivity contribution in [3.05, 3.63) is 12.2 Å². The van der Waals surface area contributed by atoms with Crippen LogP contribution in [0.5, 0.6) is 0 Å². The third-order valence-electron chi connectivity index (χ3n) is 4.84. The van der Waals surface area contributed by atoms with Gasteiger partial charge in [-0.3, -0.25) is 9.59 Å². The Kier molecular flexibility index (Phi) is 5.38. The molecule has 1 saturated carbocycles. The van der Waals surface area contributed by atoms with E-state index in [2.05, 4.69) is 19.1 Å². The lowest BCUT2D eigenvalue weighted by molar-refractivity contribution is -0.171. The lowest BCUT2D eigenvalue weighted by atomic mass is 9.52. The number of fused-ring (bicyclic) bond motifs is 1. The largest absolute Gasteiger partial charge is 0.465 e. The zero-order chi connectivity index (χ0) is 14.5. The van der Waals surface area contributed by atoms with E-state index < -0.39 is 0 Å². The molecule has 0 N–H and O–H groups in total. The van der Waals surface area contributed by atoms with Crippen LogP contribution in [-0.4, -0.2) is 18.4 Å². The first kappa shape index (κ1) is 15.3. The standard InChI is InChI=1S/C17H26O3/c1-3-4-11-20-17(19)16-14-10-8-6-5-7-9-13(14)15(16)12(2)18/h5-6,13-16H,3-4,7-11H2,1-2H3/b6-5+/t13-,14-,15+,16-/m0/s1. The summed E-state index contributed by atoms with van der Waals surface area (Å²) in [6.45, 7) is 4.20. The van der Waals surface area contributed by atoms with Crippen LogP contribution in [0.1, 0.15) is 52.4 Å². The van der Waals surface area contributed by atoms with Crippen LogP contribution >= 0.6 is 0 Å². The van der Waals surface area contributed by atoms with Crippen molar-refractivity contribution in [1.82, 2.24) is 0 Å². The minimum Gasteiger partial charge on any atom is -0.465 e. The number of carbonyl (C=O) groups is 2. The minimum absolute atomic E-state index is 0.0966. The van der Waals surface area contributed by atoms with Crippen LogP contribution < -0.4 is 0 Å². The van der Waals surface area contributed by atoms with Gasteiger partial charge in [-0.2, -0.15) is 0 Å². The second-order valence-electron chi connectivity index (χ2n) is 6.14. The Labute approximate surface area is 121 Å². The van der Waals surface area contributed by atoms with E-state index in [1.807, 2.05) is 0 Å². The summed E-state index contributed by atoms with van der Waals surface area (Å²) in [6.07, 6.45) is 10.4. The number of unbranched alkanes of at least 4 members (excludes halogenated alkanes) is 1. The van der Waals surface area contributed by atoms with Crippen molar-refractivity contribution in [3.63, 3.8) is 0 Å². The fourth-order valence-electron chi connectivity index (χ4n) is 3.81. The van der Waals surface area contributed by atoms with Gasteiger partial charge in [0.2, 0.25) is 0 Å². The van der Waals surface area contributed by atoms with Gasteiger partial charge in [0.05, 0.1) is 12.5 Å². The molecule has 0 aromatic heterocycles. The molecule has 0 saturated heterocycles. The monoisotopic (exact) mass is 278 g/mol. The fraction of sp³-hybridized carbons (Fsp3) is 0.765. The van der Waals surface area contributed by atoms with E-state index in [0.717, 1.165) is 38.5 Å². The highest BCUT2D eigenvalue weighted by atomic mass is 16.5. The number of hydrogen-bond acceptors (Lipinski definition) is 3. The number of hydrogen-bond donors (Lipinski definition) is 0. The first-order valence-corrected chi connectivity index (χ1v) is 7.99. The van der Waals surface area contributed by atoms with Gasteiger partial charge >= 0.3 is 5.97 Å². The Balaban J connectivity index is 2.03. The molecule has 3 heteroatoms. The molecule has 0 spiro atoms. The van der Waals surface area contributed by atoms with Crippen molar-refractivity contribution < 1.29 is 14.3 Å². The average Bonchev–Trinajstić information content (AvgIpc) is 2.37. The van der Waals surface area contributed by atoms with Gasteiger partial charge in [-0.05, 0) is 50.9 Å². The molecule has 0 radical (unpaired) electrons. The second-order valence-corrected chi connectivity index (χ2v) is 6.14. The first-order chi connectivity index (χ1) is 9.66. The number of allylic oxidation sites excluding steroid dienone is 2. The maximum Gasteiger partial charge on any atom is 0.309 e. The minimum atomic E-state index is -0.180. The molecule has 0 aromatic carbocycles. The maximum atomic E-state index is 12.3. The van der Waals surface area contributed by atoms with E-state index in [0.29, 0.717) is 18.4 Å². The van der Waals surface area contributed by atoms with E-state index in [9.17, 15) is 9.59 Å². The van der Waals surface area contributed by atoms with Crippen LogP contribution in [-0.2, 0) is 14.3 Å². The molecule has 0 bridgehead atoms. The molecule has 0 aliphatic heterocycles. The first-order valence-electron chi connectivity index (χ1n) is 7.99. The summed E-state index contributed by atoms with van der Waals surface area (Å²) >= 11 is 0. The molecular weight excluding hydrogens is 252 g/mol. The molecule has 0 heterocycles. The quantitative estimate of drug-likeness (QED) is 0.439. The van der Waals surface area contributed by atoms with Crippen molar-refractivity contribution >= 4 is 11.8 Å². The summed E-state index contributed by atoms with van der Waals surface area (Å²) in [4.78, 5) is 24.2. The highest BCUT2D eigenvalue weighted by molar-refractivity contribution is 5.87. The lowest BCUT2D eigenvalue weighted by Crippen LogP contribution is -2.54. The van der Waals surface area contributed by atoms with Crippen molar-refractivity contribution in [3.8, 4) is 0 Å². The van der Waals surface area contributed by atoms with Crippen LogP contribution in [0.4, 0.5) is 0 Å². The summed E-state index contributed by atoms with van der Waals surface area (Å²) in [5.74, 6) is 0.489. The predicted molar refractivity (Wildman–Crippen MR) is 78.1 cm³/mol. The van der Waals surface area contributed by atoms with Gasteiger partial charge in [0, 0.05) is 5.92 Å². The van der Waals surface area contributed by atoms with Crippen LogP contribution in [0.25, 0.3) is 0 Å². The molecule has 4 atom stereocenters. The lowest BCUT2D eigenvalue weighted by Gasteiger charge is -2.50. The average molecular weight is 278 g/mol. The zero-order valence-electron chi connectivity index (χ0n) is 12.6. The summed E-state index contributed by atoms with van der Waals surface area (Å²) in [5, 5.41) is 0. The van der Waals surface area contributed by atoms with E-state index >= 15 is 0 Å². The van der Waals surface area contributed by atoms with Crippen molar-refractivity contribution in [2.75, 3.05) is 6.61 Å². The maximum absolute atomic E-state index is 12.3. The fourth-order valence-corrected chi connectivity index (χ4v) is 3.81. The van der Waals surface area contributed by atoms with E-state index in [-0.39, 0.29) is 23.6 Å². The molecule has 2 aliphatic rings. The van der Waals surface area contributed by atoms with Gasteiger partial charge in [0.15, 0.2) is 0 Å². The summed E-state index contributed by atoms with van der Waals surface area (Å²) in [5.41, 5.74) is 0. The number of ether oxygens (including phenoxy) is 1. The van der Waals surface area contributed by atoms with Gasteiger partial charge in [-0.15, -0.1) is 0 Å². The van der Waals surface area contributed by atoms with E-state index in [1.165, 1.54) is 0 Å². The van der Waals surface area contributed by atoms with E-state index in [4.69, 9.17) is 4.74 Å². The molecule has 2 rings (SSSR count). The summed E-state index contributed by atoms with van der Waals surface area (Å²) < 4.78 is 5.38. The van der Waals surface area contributed by atoms with E-state index in [1.54, 1.807) is 6.92 Å². The van der Waals surface area contributed by atoms with Gasteiger partial charge < -0.3 is 4.74 Å². The Morgan fingerprint density at radius 3 is 2.25 bits per heavy atom. The Morgan fingerprint density at radius 1 is 1.10 bits per heavy atom. The zero-order valence-corrected chi connectivity index (χ0v) is 12.6. The van der Waals surface area contributed by atoms with Crippen LogP contribution in [0.15, 0.2) is 12.2 Å². The smallest absolute Gasteiger partial charge is 0.309 e. The number of esters is 1. The van der Waals surface area contributed by atoms with Gasteiger partial charge in [0.1, 0.15) is 5.78 Å². The molecule has 0 amide bonds. The molecule has 2 aliphatic carbocycles. The Morgan fingerprint density at radius 2 is 1.70 bits per heavy atom. The number of ketones is 1. The third-order valence-corrected chi connectivity index (χ3v) is 4.84. The van der Waals surface area contributed by atoms with Crippen molar-refractivity contribution in [1.29, 1.82) is 0 Å². The van der Waals surface area contributed by atoms with Crippen LogP contribution in [0, 0.1) is 23.7 Å². The summed E-state index contributed by atoms with van der Waals surface area (Å²) in [7, 11) is 0. The molecule has 20 heavy (non-hydrogen) atoms. The number of carbonyl (C=O) groups excluding carboxylic acids is 2. The second kappa shape index (κ2) is 7.05. The van der Waals surface area contributed by atoms with Gasteiger partial charge in [0.25, 0.3) is 0 Å². The Bertz CT molecular complexity index is 386. The van der Waals surface area contributed by atoms with Crippen molar-refractivity contribution in [2.24, 2.45) is 23.7 Å². The van der Waals surface area contributed by atoms with Crippen LogP contribution in [0.2, 0.25) is 0 Å². The molecular formula is C17H26O3. The molecule has 112 valence electrons. The SMILES string of the molecule is CCCCOC(=O)[C@H]1[C@H]2CC/C=C/CC[C@@H]2[C@H]1C(C)=O. The van der Waals surface area contributed by atoms with Crippen LogP contribution in [0.3, 0.4) is 0 Å². The number of rotatable bonds is 5. The third kappa shape index (κ3) is 3.13. The Hall–Kier alpha value is -1.12.